The lowest BCUT2D eigenvalue weighted by molar-refractivity contribution is 0.101. The average Bonchev–Trinajstić information content (AvgIpc) is 2.42. The second kappa shape index (κ2) is 6.43. The molecule has 0 spiro atoms. The van der Waals surface area contributed by atoms with Crippen LogP contribution >= 0.6 is 0 Å². The Balaban J connectivity index is 2.12. The maximum atomic E-state index is 13.4. The molecule has 0 bridgehead atoms. The first-order chi connectivity index (χ1) is 9.81. The molecule has 3 heteroatoms. The van der Waals surface area contributed by atoms with E-state index in [4.69, 9.17) is 5.73 Å². The molecule has 2 rings (SSSR count). The minimum Gasteiger partial charge on any atom is -0.330 e. The smallest absolute Gasteiger partial charge is 0.159 e. The molecule has 0 amide bonds. The van der Waals surface area contributed by atoms with E-state index in [-0.39, 0.29) is 0 Å². The van der Waals surface area contributed by atoms with Crippen LogP contribution in [0.2, 0.25) is 0 Å². The highest BCUT2D eigenvalue weighted by Crippen LogP contribution is 2.43. The molecule has 3 unspecified atom stereocenters. The number of benzene rings is 1. The third-order valence-electron chi connectivity index (χ3n) is 5.15. The van der Waals surface area contributed by atoms with Crippen molar-refractivity contribution < 1.29 is 8.78 Å². The highest BCUT2D eigenvalue weighted by Gasteiger charge is 2.35. The van der Waals surface area contributed by atoms with E-state index in [1.54, 1.807) is 6.07 Å². The van der Waals surface area contributed by atoms with Crippen molar-refractivity contribution in [3.63, 3.8) is 0 Å². The Kier molecular flexibility index (Phi) is 5.03. The predicted molar refractivity (Wildman–Crippen MR) is 82.9 cm³/mol. The van der Waals surface area contributed by atoms with Crippen LogP contribution in [0.5, 0.6) is 0 Å². The summed E-state index contributed by atoms with van der Waals surface area (Å²) in [6.07, 6.45) is 4.29. The Morgan fingerprint density at radius 3 is 2.38 bits per heavy atom. The highest BCUT2D eigenvalue weighted by molar-refractivity contribution is 5.18. The minimum absolute atomic E-state index is 0.297. The van der Waals surface area contributed by atoms with Crippen LogP contribution in [0.1, 0.15) is 45.6 Å². The van der Waals surface area contributed by atoms with Gasteiger partial charge in [-0.1, -0.05) is 26.8 Å². The molecule has 118 valence electrons. The van der Waals surface area contributed by atoms with Gasteiger partial charge in [-0.3, -0.25) is 0 Å². The van der Waals surface area contributed by atoms with Gasteiger partial charge in [-0.05, 0) is 73.1 Å². The SMILES string of the molecule is CC(C)(C)C1CCC(CN)C(Cc2ccc(F)c(F)c2)C1. The van der Waals surface area contributed by atoms with Crippen molar-refractivity contribution in [3.8, 4) is 0 Å². The summed E-state index contributed by atoms with van der Waals surface area (Å²) >= 11 is 0. The maximum Gasteiger partial charge on any atom is 0.159 e. The molecule has 21 heavy (non-hydrogen) atoms. The molecule has 0 aliphatic heterocycles. The fourth-order valence-corrected chi connectivity index (χ4v) is 3.64. The minimum atomic E-state index is -0.773. The Hall–Kier alpha value is -0.960. The van der Waals surface area contributed by atoms with E-state index in [1.165, 1.54) is 18.6 Å². The summed E-state index contributed by atoms with van der Waals surface area (Å²) in [5.41, 5.74) is 7.10. The zero-order chi connectivity index (χ0) is 15.6. The molecule has 1 aliphatic carbocycles. The average molecular weight is 295 g/mol. The highest BCUT2D eigenvalue weighted by atomic mass is 19.2. The van der Waals surface area contributed by atoms with E-state index in [0.29, 0.717) is 29.7 Å². The fraction of sp³-hybridized carbons (Fsp3) is 0.667. The summed E-state index contributed by atoms with van der Waals surface area (Å²) in [6, 6.07) is 4.27. The molecule has 0 heterocycles. The van der Waals surface area contributed by atoms with Gasteiger partial charge in [0.1, 0.15) is 0 Å². The van der Waals surface area contributed by atoms with Gasteiger partial charge in [0.15, 0.2) is 11.6 Å². The van der Waals surface area contributed by atoms with Gasteiger partial charge in [-0.25, -0.2) is 8.78 Å². The zero-order valence-corrected chi connectivity index (χ0v) is 13.3. The lowest BCUT2D eigenvalue weighted by Crippen LogP contribution is -2.36. The molecule has 1 saturated carbocycles. The van der Waals surface area contributed by atoms with E-state index in [9.17, 15) is 8.78 Å². The van der Waals surface area contributed by atoms with Crippen molar-refractivity contribution in [1.29, 1.82) is 0 Å². The van der Waals surface area contributed by atoms with Crippen LogP contribution in [0.3, 0.4) is 0 Å². The van der Waals surface area contributed by atoms with Gasteiger partial charge in [0.25, 0.3) is 0 Å². The molecule has 1 aromatic carbocycles. The first-order valence-corrected chi connectivity index (χ1v) is 7.95. The normalized spacial score (nSPS) is 26.9. The van der Waals surface area contributed by atoms with Crippen LogP contribution in [0.25, 0.3) is 0 Å². The van der Waals surface area contributed by atoms with E-state index in [2.05, 4.69) is 20.8 Å². The van der Waals surface area contributed by atoms with Crippen molar-refractivity contribution in [3.05, 3.63) is 35.4 Å². The summed E-state index contributed by atoms with van der Waals surface area (Å²) in [4.78, 5) is 0. The van der Waals surface area contributed by atoms with Gasteiger partial charge in [0.2, 0.25) is 0 Å². The van der Waals surface area contributed by atoms with E-state index in [0.717, 1.165) is 24.8 Å². The molecule has 0 aromatic heterocycles. The number of halogens is 2. The Labute approximate surface area is 126 Å². The number of rotatable bonds is 3. The summed E-state index contributed by atoms with van der Waals surface area (Å²) in [5, 5.41) is 0. The van der Waals surface area contributed by atoms with Gasteiger partial charge in [0.05, 0.1) is 0 Å². The summed E-state index contributed by atoms with van der Waals surface area (Å²) < 4.78 is 26.4. The van der Waals surface area contributed by atoms with Gasteiger partial charge < -0.3 is 5.73 Å². The standard InChI is InChI=1S/C18H27F2N/c1-18(2,3)15-6-5-13(11-21)14(10-15)8-12-4-7-16(19)17(20)9-12/h4,7,9,13-15H,5-6,8,10-11,21H2,1-3H3. The van der Waals surface area contributed by atoms with Crippen LogP contribution < -0.4 is 5.73 Å². The predicted octanol–water partition coefficient (Wildman–Crippen LogP) is 4.54. The van der Waals surface area contributed by atoms with Crippen LogP contribution in [0.4, 0.5) is 8.78 Å². The molecule has 3 atom stereocenters. The van der Waals surface area contributed by atoms with Gasteiger partial charge in [0, 0.05) is 0 Å². The van der Waals surface area contributed by atoms with Gasteiger partial charge >= 0.3 is 0 Å². The number of nitrogens with two attached hydrogens (primary N) is 1. The monoisotopic (exact) mass is 295 g/mol. The first-order valence-electron chi connectivity index (χ1n) is 7.95. The first kappa shape index (κ1) is 16.4. The van der Waals surface area contributed by atoms with Crippen molar-refractivity contribution in [1.82, 2.24) is 0 Å². The molecule has 0 radical (unpaired) electrons. The molecule has 2 N–H and O–H groups in total. The van der Waals surface area contributed by atoms with Crippen LogP contribution in [-0.2, 0) is 6.42 Å². The summed E-state index contributed by atoms with van der Waals surface area (Å²) in [6.45, 7) is 7.55. The summed E-state index contributed by atoms with van der Waals surface area (Å²) in [5.74, 6) is 0.121. The number of hydrogen-bond acceptors (Lipinski definition) is 1. The van der Waals surface area contributed by atoms with Crippen molar-refractivity contribution >= 4 is 0 Å². The van der Waals surface area contributed by atoms with Crippen LogP contribution in [0.15, 0.2) is 18.2 Å². The van der Waals surface area contributed by atoms with Gasteiger partial charge in [-0.15, -0.1) is 0 Å². The van der Waals surface area contributed by atoms with Crippen LogP contribution in [0, 0.1) is 34.8 Å². The van der Waals surface area contributed by atoms with E-state index in [1.807, 2.05) is 0 Å². The second-order valence-corrected chi connectivity index (χ2v) is 7.58. The quantitative estimate of drug-likeness (QED) is 0.870. The third kappa shape index (κ3) is 4.03. The van der Waals surface area contributed by atoms with Crippen molar-refractivity contribution in [2.75, 3.05) is 6.54 Å². The van der Waals surface area contributed by atoms with Gasteiger partial charge in [-0.2, -0.15) is 0 Å². The lowest BCUT2D eigenvalue weighted by Gasteiger charge is -2.41. The van der Waals surface area contributed by atoms with Crippen molar-refractivity contribution in [2.45, 2.75) is 46.5 Å². The van der Waals surface area contributed by atoms with E-state index < -0.39 is 11.6 Å². The van der Waals surface area contributed by atoms with E-state index >= 15 is 0 Å². The lowest BCUT2D eigenvalue weighted by atomic mass is 9.64. The number of hydrogen-bond donors (Lipinski definition) is 1. The molecule has 1 aromatic rings. The Bertz CT molecular complexity index is 479. The topological polar surface area (TPSA) is 26.0 Å². The third-order valence-corrected chi connectivity index (χ3v) is 5.15. The largest absolute Gasteiger partial charge is 0.330 e. The molecule has 1 nitrogen and oxygen atoms in total. The molecule has 1 fully saturated rings. The van der Waals surface area contributed by atoms with Crippen molar-refractivity contribution in [2.24, 2.45) is 28.9 Å². The molecular formula is C18H27F2N. The molecule has 0 saturated heterocycles. The molecular weight excluding hydrogens is 268 g/mol. The molecule has 1 aliphatic rings. The van der Waals surface area contributed by atoms with Crippen LogP contribution in [-0.4, -0.2) is 6.54 Å². The fourth-order valence-electron chi connectivity index (χ4n) is 3.64. The Morgan fingerprint density at radius 1 is 1.10 bits per heavy atom. The maximum absolute atomic E-state index is 13.4. The zero-order valence-electron chi connectivity index (χ0n) is 13.3. The second-order valence-electron chi connectivity index (χ2n) is 7.58. The Morgan fingerprint density at radius 2 is 1.81 bits per heavy atom. The summed E-state index contributed by atoms with van der Waals surface area (Å²) in [7, 11) is 0.